The Labute approximate surface area is 162 Å². The van der Waals surface area contributed by atoms with Gasteiger partial charge in [0.25, 0.3) is 0 Å². The van der Waals surface area contributed by atoms with Crippen molar-refractivity contribution in [2.24, 2.45) is 5.92 Å². The van der Waals surface area contributed by atoms with Crippen LogP contribution < -0.4 is 15.4 Å². The van der Waals surface area contributed by atoms with Gasteiger partial charge in [-0.05, 0) is 69.0 Å². The highest BCUT2D eigenvalue weighted by Crippen LogP contribution is 2.16. The van der Waals surface area contributed by atoms with Crippen LogP contribution in [0.1, 0.15) is 32.1 Å². The second-order valence-corrected chi connectivity index (χ2v) is 8.56. The standard InChI is InChI=1S/C18H28N2O4S.ClH/c1-25(22,23)17-8-6-16(7-9-17)24-13-3-5-18(21)20-12-10-15-4-2-11-19-14-15;/h6-9,15,19H,2-5,10-14H2,1H3,(H,20,21);1H. The molecule has 1 atom stereocenters. The van der Waals surface area contributed by atoms with Gasteiger partial charge in [0, 0.05) is 19.2 Å². The quantitative estimate of drug-likeness (QED) is 0.616. The highest BCUT2D eigenvalue weighted by Gasteiger charge is 2.12. The van der Waals surface area contributed by atoms with Gasteiger partial charge in [0.05, 0.1) is 11.5 Å². The summed E-state index contributed by atoms with van der Waals surface area (Å²) in [6.45, 7) is 3.33. The topological polar surface area (TPSA) is 84.5 Å². The average Bonchev–Trinajstić information content (AvgIpc) is 2.59. The van der Waals surface area contributed by atoms with E-state index in [1.54, 1.807) is 12.1 Å². The van der Waals surface area contributed by atoms with Crippen molar-refractivity contribution >= 4 is 28.2 Å². The lowest BCUT2D eigenvalue weighted by Gasteiger charge is -2.22. The van der Waals surface area contributed by atoms with Gasteiger partial charge in [0.2, 0.25) is 5.91 Å². The minimum absolute atomic E-state index is 0. The van der Waals surface area contributed by atoms with Gasteiger partial charge in [0.15, 0.2) is 9.84 Å². The Bertz CT molecular complexity index is 644. The number of nitrogens with one attached hydrogen (secondary N) is 2. The summed E-state index contributed by atoms with van der Waals surface area (Å²) < 4.78 is 28.3. The fraction of sp³-hybridized carbons (Fsp3) is 0.611. The third-order valence-electron chi connectivity index (χ3n) is 4.34. The van der Waals surface area contributed by atoms with Crippen LogP contribution in [0, 0.1) is 5.92 Å². The molecule has 1 aliphatic rings. The van der Waals surface area contributed by atoms with E-state index in [-0.39, 0.29) is 23.2 Å². The molecule has 0 saturated carbocycles. The molecule has 1 saturated heterocycles. The molecule has 6 nitrogen and oxygen atoms in total. The van der Waals surface area contributed by atoms with Gasteiger partial charge in [-0.1, -0.05) is 0 Å². The molecule has 1 unspecified atom stereocenters. The van der Waals surface area contributed by atoms with Crippen molar-refractivity contribution in [3.05, 3.63) is 24.3 Å². The van der Waals surface area contributed by atoms with E-state index in [0.29, 0.717) is 31.1 Å². The van der Waals surface area contributed by atoms with E-state index >= 15 is 0 Å². The molecule has 1 amide bonds. The number of amides is 1. The Morgan fingerprint density at radius 3 is 2.65 bits per heavy atom. The minimum atomic E-state index is -3.19. The normalized spacial score (nSPS) is 17.2. The number of carbonyl (C=O) groups excluding carboxylic acids is 1. The molecule has 0 bridgehead atoms. The predicted molar refractivity (Wildman–Crippen MR) is 105 cm³/mol. The van der Waals surface area contributed by atoms with Crippen LogP contribution in [0.15, 0.2) is 29.2 Å². The van der Waals surface area contributed by atoms with Crippen molar-refractivity contribution in [3.63, 3.8) is 0 Å². The molecule has 1 aromatic carbocycles. The lowest BCUT2D eigenvalue weighted by atomic mass is 9.96. The largest absolute Gasteiger partial charge is 0.494 e. The Morgan fingerprint density at radius 2 is 2.04 bits per heavy atom. The molecule has 1 fully saturated rings. The van der Waals surface area contributed by atoms with Crippen molar-refractivity contribution in [1.82, 2.24) is 10.6 Å². The van der Waals surface area contributed by atoms with E-state index in [4.69, 9.17) is 4.74 Å². The second kappa shape index (κ2) is 11.4. The molecule has 2 N–H and O–H groups in total. The summed E-state index contributed by atoms with van der Waals surface area (Å²) >= 11 is 0. The molecule has 0 aliphatic carbocycles. The van der Waals surface area contributed by atoms with Crippen LogP contribution in [0.4, 0.5) is 0 Å². The van der Waals surface area contributed by atoms with Crippen LogP contribution in [-0.2, 0) is 14.6 Å². The average molecular weight is 405 g/mol. The highest BCUT2D eigenvalue weighted by molar-refractivity contribution is 7.90. The maximum absolute atomic E-state index is 11.8. The predicted octanol–water partition coefficient (Wildman–Crippen LogP) is 2.18. The van der Waals surface area contributed by atoms with E-state index in [1.807, 2.05) is 0 Å². The van der Waals surface area contributed by atoms with E-state index < -0.39 is 9.84 Å². The molecule has 1 heterocycles. The summed E-state index contributed by atoms with van der Waals surface area (Å²) in [5, 5.41) is 6.34. The summed E-state index contributed by atoms with van der Waals surface area (Å²) in [6, 6.07) is 6.32. The molecule has 1 aliphatic heterocycles. The van der Waals surface area contributed by atoms with Crippen LogP contribution in [0.2, 0.25) is 0 Å². The summed E-state index contributed by atoms with van der Waals surface area (Å²) in [6.07, 6.45) is 5.74. The molecular formula is C18H29ClN2O4S. The third kappa shape index (κ3) is 8.38. The maximum atomic E-state index is 11.8. The first-order valence-corrected chi connectivity index (χ1v) is 10.7. The lowest BCUT2D eigenvalue weighted by molar-refractivity contribution is -0.121. The molecule has 148 valence electrons. The maximum Gasteiger partial charge on any atom is 0.220 e. The van der Waals surface area contributed by atoms with Gasteiger partial charge in [0.1, 0.15) is 5.75 Å². The number of carbonyl (C=O) groups is 1. The number of halogens is 1. The molecule has 2 rings (SSSR count). The van der Waals surface area contributed by atoms with Gasteiger partial charge >= 0.3 is 0 Å². The van der Waals surface area contributed by atoms with Crippen molar-refractivity contribution in [3.8, 4) is 5.75 Å². The van der Waals surface area contributed by atoms with E-state index in [1.165, 1.54) is 31.2 Å². The number of ether oxygens (including phenoxy) is 1. The van der Waals surface area contributed by atoms with Crippen LogP contribution in [-0.4, -0.2) is 46.8 Å². The molecule has 1 aromatic rings. The van der Waals surface area contributed by atoms with Gasteiger partial charge in [-0.3, -0.25) is 4.79 Å². The highest BCUT2D eigenvalue weighted by atomic mass is 35.5. The van der Waals surface area contributed by atoms with Crippen LogP contribution in [0.3, 0.4) is 0 Å². The van der Waals surface area contributed by atoms with Crippen molar-refractivity contribution in [2.45, 2.75) is 37.0 Å². The van der Waals surface area contributed by atoms with Crippen molar-refractivity contribution in [1.29, 1.82) is 0 Å². The zero-order chi connectivity index (χ0) is 18.1. The Morgan fingerprint density at radius 1 is 1.31 bits per heavy atom. The van der Waals surface area contributed by atoms with Gasteiger partial charge in [-0.25, -0.2) is 8.42 Å². The summed E-state index contributed by atoms with van der Waals surface area (Å²) in [7, 11) is -3.19. The summed E-state index contributed by atoms with van der Waals surface area (Å²) in [5.41, 5.74) is 0. The van der Waals surface area contributed by atoms with Crippen molar-refractivity contribution in [2.75, 3.05) is 32.5 Å². The Balaban J connectivity index is 0.00000338. The molecular weight excluding hydrogens is 376 g/mol. The number of sulfone groups is 1. The number of benzene rings is 1. The molecule has 0 aromatic heterocycles. The van der Waals surface area contributed by atoms with Crippen molar-refractivity contribution < 1.29 is 17.9 Å². The zero-order valence-corrected chi connectivity index (χ0v) is 16.8. The molecule has 0 spiro atoms. The second-order valence-electron chi connectivity index (χ2n) is 6.55. The van der Waals surface area contributed by atoms with Crippen LogP contribution >= 0.6 is 12.4 Å². The fourth-order valence-electron chi connectivity index (χ4n) is 2.88. The van der Waals surface area contributed by atoms with E-state index in [9.17, 15) is 13.2 Å². The number of hydrogen-bond donors (Lipinski definition) is 2. The summed E-state index contributed by atoms with van der Waals surface area (Å²) in [5.74, 6) is 1.34. The van der Waals surface area contributed by atoms with Gasteiger partial charge < -0.3 is 15.4 Å². The van der Waals surface area contributed by atoms with Gasteiger partial charge in [-0.15, -0.1) is 12.4 Å². The first kappa shape index (κ1) is 22.7. The summed E-state index contributed by atoms with van der Waals surface area (Å²) in [4.78, 5) is 12.1. The first-order chi connectivity index (χ1) is 11.9. The number of rotatable bonds is 9. The monoisotopic (exact) mass is 404 g/mol. The Hall–Kier alpha value is -1.31. The SMILES string of the molecule is CS(=O)(=O)c1ccc(OCCCC(=O)NCCC2CCCNC2)cc1.Cl. The number of hydrogen-bond acceptors (Lipinski definition) is 5. The van der Waals surface area contributed by atoms with Gasteiger partial charge in [-0.2, -0.15) is 0 Å². The molecule has 26 heavy (non-hydrogen) atoms. The smallest absolute Gasteiger partial charge is 0.220 e. The molecule has 0 radical (unpaired) electrons. The Kier molecular flexibility index (Phi) is 9.98. The first-order valence-electron chi connectivity index (χ1n) is 8.85. The fourth-order valence-corrected chi connectivity index (χ4v) is 3.51. The lowest BCUT2D eigenvalue weighted by Crippen LogP contribution is -2.33. The minimum Gasteiger partial charge on any atom is -0.494 e. The number of piperidine rings is 1. The van der Waals surface area contributed by atoms with E-state index in [2.05, 4.69) is 10.6 Å². The van der Waals surface area contributed by atoms with Crippen LogP contribution in [0.25, 0.3) is 0 Å². The third-order valence-corrected chi connectivity index (χ3v) is 5.47. The molecule has 8 heteroatoms. The van der Waals surface area contributed by atoms with Crippen LogP contribution in [0.5, 0.6) is 5.75 Å². The van der Waals surface area contributed by atoms with E-state index in [0.717, 1.165) is 26.1 Å². The zero-order valence-electron chi connectivity index (χ0n) is 15.2.